The van der Waals surface area contributed by atoms with Gasteiger partial charge in [-0.25, -0.2) is 9.69 Å². The number of aryl methyl sites for hydroxylation is 2. The van der Waals surface area contributed by atoms with Gasteiger partial charge < -0.3 is 4.74 Å². The van der Waals surface area contributed by atoms with Crippen molar-refractivity contribution in [2.45, 2.75) is 20.5 Å². The predicted molar refractivity (Wildman–Crippen MR) is 114 cm³/mol. The summed E-state index contributed by atoms with van der Waals surface area (Å²) in [5.41, 5.74) is 3.64. The molecule has 30 heavy (non-hydrogen) atoms. The molecule has 0 spiro atoms. The fourth-order valence-electron chi connectivity index (χ4n) is 3.39. The summed E-state index contributed by atoms with van der Waals surface area (Å²) in [6.45, 7) is 3.75. The predicted octanol–water partition coefficient (Wildman–Crippen LogP) is 5.11. The third-order valence-corrected chi connectivity index (χ3v) is 5.41. The molecule has 0 radical (unpaired) electrons. The van der Waals surface area contributed by atoms with Gasteiger partial charge in [0.05, 0.1) is 22.4 Å². The quantitative estimate of drug-likeness (QED) is 0.435. The molecule has 1 aliphatic heterocycles. The van der Waals surface area contributed by atoms with Crippen LogP contribution in [-0.4, -0.2) is 17.8 Å². The highest BCUT2D eigenvalue weighted by Crippen LogP contribution is 2.32. The number of imide groups is 1. The number of fused-ring (bicyclic) bond motifs is 1. The zero-order valence-electron chi connectivity index (χ0n) is 16.4. The Kier molecular flexibility index (Phi) is 5.14. The minimum atomic E-state index is -0.594. The lowest BCUT2D eigenvalue weighted by atomic mass is 10.1. The molecule has 0 fully saturated rings. The molecule has 4 rings (SSSR count). The van der Waals surface area contributed by atoms with E-state index in [-0.39, 0.29) is 23.3 Å². The molecule has 2 amide bonds. The van der Waals surface area contributed by atoms with Gasteiger partial charge in [0.2, 0.25) is 0 Å². The summed E-state index contributed by atoms with van der Waals surface area (Å²) in [6.07, 6.45) is 0. The number of benzene rings is 3. The topological polar surface area (TPSA) is 63.7 Å². The van der Waals surface area contributed by atoms with E-state index in [4.69, 9.17) is 16.3 Å². The Balaban J connectivity index is 1.59. The van der Waals surface area contributed by atoms with Crippen LogP contribution in [0.1, 0.15) is 47.8 Å². The van der Waals surface area contributed by atoms with Gasteiger partial charge in [0.15, 0.2) is 0 Å². The Morgan fingerprint density at radius 1 is 0.933 bits per heavy atom. The molecule has 150 valence electrons. The largest absolute Gasteiger partial charge is 0.457 e. The van der Waals surface area contributed by atoms with Crippen molar-refractivity contribution in [3.05, 3.63) is 99.1 Å². The van der Waals surface area contributed by atoms with Crippen LogP contribution in [0.2, 0.25) is 5.02 Å². The number of nitrogens with zero attached hydrogens (tertiary/aromatic N) is 1. The molecular weight excluding hydrogens is 402 g/mol. The first-order valence-electron chi connectivity index (χ1n) is 9.37. The van der Waals surface area contributed by atoms with E-state index in [0.29, 0.717) is 16.3 Å². The maximum absolute atomic E-state index is 13.0. The minimum absolute atomic E-state index is 0.0110. The zero-order chi connectivity index (χ0) is 21.4. The highest BCUT2D eigenvalue weighted by molar-refractivity contribution is 6.35. The van der Waals surface area contributed by atoms with Crippen LogP contribution in [0.3, 0.4) is 0 Å². The Labute approximate surface area is 178 Å². The number of esters is 1. The molecular formula is C24H18ClNO4. The molecule has 5 nitrogen and oxygen atoms in total. The van der Waals surface area contributed by atoms with Crippen LogP contribution in [0.25, 0.3) is 0 Å². The van der Waals surface area contributed by atoms with Gasteiger partial charge in [-0.05, 0) is 55.3 Å². The van der Waals surface area contributed by atoms with Crippen LogP contribution in [0.4, 0.5) is 5.69 Å². The van der Waals surface area contributed by atoms with E-state index in [2.05, 4.69) is 0 Å². The van der Waals surface area contributed by atoms with E-state index in [9.17, 15) is 14.4 Å². The van der Waals surface area contributed by atoms with Crippen molar-refractivity contribution < 1.29 is 19.1 Å². The monoisotopic (exact) mass is 419 g/mol. The van der Waals surface area contributed by atoms with Crippen molar-refractivity contribution in [2.75, 3.05) is 4.90 Å². The highest BCUT2D eigenvalue weighted by Gasteiger charge is 2.38. The van der Waals surface area contributed by atoms with Gasteiger partial charge in [0.25, 0.3) is 11.8 Å². The number of amides is 2. The van der Waals surface area contributed by atoms with Crippen LogP contribution in [0, 0.1) is 13.8 Å². The average molecular weight is 420 g/mol. The van der Waals surface area contributed by atoms with Gasteiger partial charge >= 0.3 is 5.97 Å². The lowest BCUT2D eigenvalue weighted by Gasteiger charge is -2.17. The van der Waals surface area contributed by atoms with Gasteiger partial charge in [0.1, 0.15) is 6.61 Å². The Bertz CT molecular complexity index is 1200. The average Bonchev–Trinajstić information content (AvgIpc) is 2.99. The SMILES string of the molecule is Cc1ccc(C)c(N2C(=O)c3ccc(C(=O)OCc4ccccc4Cl)cc3C2=O)c1. The van der Waals surface area contributed by atoms with Crippen molar-refractivity contribution in [1.82, 2.24) is 0 Å². The fourth-order valence-corrected chi connectivity index (χ4v) is 3.58. The van der Waals surface area contributed by atoms with Gasteiger partial charge in [-0.3, -0.25) is 9.59 Å². The smallest absolute Gasteiger partial charge is 0.338 e. The van der Waals surface area contributed by atoms with E-state index >= 15 is 0 Å². The van der Waals surface area contributed by atoms with Crippen molar-refractivity contribution in [2.24, 2.45) is 0 Å². The van der Waals surface area contributed by atoms with Gasteiger partial charge in [-0.1, -0.05) is 41.9 Å². The Morgan fingerprint density at radius 2 is 1.67 bits per heavy atom. The number of carbonyl (C=O) groups is 3. The highest BCUT2D eigenvalue weighted by atomic mass is 35.5. The summed E-state index contributed by atoms with van der Waals surface area (Å²) in [5, 5.41) is 0.504. The van der Waals surface area contributed by atoms with E-state index in [1.54, 1.807) is 30.3 Å². The first-order valence-corrected chi connectivity index (χ1v) is 9.75. The van der Waals surface area contributed by atoms with Crippen LogP contribution >= 0.6 is 11.6 Å². The number of halogens is 1. The summed E-state index contributed by atoms with van der Waals surface area (Å²) in [5.74, 6) is -1.45. The van der Waals surface area contributed by atoms with Gasteiger partial charge in [-0.2, -0.15) is 0 Å². The lowest BCUT2D eigenvalue weighted by molar-refractivity contribution is 0.0472. The first kappa shape index (κ1) is 19.9. The van der Waals surface area contributed by atoms with E-state index < -0.39 is 17.8 Å². The molecule has 0 aromatic heterocycles. The molecule has 3 aromatic rings. The maximum Gasteiger partial charge on any atom is 0.338 e. The second-order valence-electron chi connectivity index (χ2n) is 7.16. The number of carbonyl (C=O) groups excluding carboxylic acids is 3. The van der Waals surface area contributed by atoms with Crippen LogP contribution in [0.15, 0.2) is 60.7 Å². The molecule has 0 saturated heterocycles. The van der Waals surface area contributed by atoms with Crippen molar-refractivity contribution in [3.63, 3.8) is 0 Å². The third-order valence-electron chi connectivity index (χ3n) is 5.04. The summed E-state index contributed by atoms with van der Waals surface area (Å²) >= 11 is 6.08. The summed E-state index contributed by atoms with van der Waals surface area (Å²) in [7, 11) is 0. The Morgan fingerprint density at radius 3 is 2.43 bits per heavy atom. The molecule has 0 atom stereocenters. The number of rotatable bonds is 4. The van der Waals surface area contributed by atoms with Crippen LogP contribution in [0.5, 0.6) is 0 Å². The lowest BCUT2D eigenvalue weighted by Crippen LogP contribution is -2.30. The summed E-state index contributed by atoms with van der Waals surface area (Å²) in [4.78, 5) is 39.5. The third kappa shape index (κ3) is 3.48. The molecule has 1 aliphatic rings. The Hall–Kier alpha value is -3.44. The normalized spacial score (nSPS) is 12.8. The number of hydrogen-bond donors (Lipinski definition) is 0. The molecule has 0 aliphatic carbocycles. The molecule has 1 heterocycles. The number of anilines is 1. The molecule has 0 unspecified atom stereocenters. The van der Waals surface area contributed by atoms with E-state index in [0.717, 1.165) is 16.0 Å². The second-order valence-corrected chi connectivity index (χ2v) is 7.57. The van der Waals surface area contributed by atoms with Gasteiger partial charge in [0, 0.05) is 10.6 Å². The number of ether oxygens (including phenoxy) is 1. The maximum atomic E-state index is 13.0. The fraction of sp³-hybridized carbons (Fsp3) is 0.125. The molecule has 0 saturated carbocycles. The molecule has 0 N–H and O–H groups in total. The first-order chi connectivity index (χ1) is 14.4. The zero-order valence-corrected chi connectivity index (χ0v) is 17.2. The van der Waals surface area contributed by atoms with Crippen molar-refractivity contribution >= 4 is 35.1 Å². The number of hydrogen-bond acceptors (Lipinski definition) is 4. The summed E-state index contributed by atoms with van der Waals surface area (Å²) < 4.78 is 5.33. The molecule has 6 heteroatoms. The molecule has 3 aromatic carbocycles. The summed E-state index contributed by atoms with van der Waals surface area (Å²) in [6, 6.07) is 17.1. The van der Waals surface area contributed by atoms with E-state index in [1.807, 2.05) is 26.0 Å². The van der Waals surface area contributed by atoms with Gasteiger partial charge in [-0.15, -0.1) is 0 Å². The van der Waals surface area contributed by atoms with Crippen molar-refractivity contribution in [3.8, 4) is 0 Å². The van der Waals surface area contributed by atoms with E-state index in [1.165, 1.54) is 18.2 Å². The standard InChI is InChI=1S/C24H18ClNO4/c1-14-7-8-15(2)21(11-14)26-22(27)18-10-9-16(12-19(18)23(26)28)24(29)30-13-17-5-3-4-6-20(17)25/h3-12H,13H2,1-2H3. The van der Waals surface area contributed by atoms with Crippen molar-refractivity contribution in [1.29, 1.82) is 0 Å². The second kappa shape index (κ2) is 7.76. The van der Waals surface area contributed by atoms with Crippen LogP contribution < -0.4 is 4.90 Å². The molecule has 0 bridgehead atoms. The minimum Gasteiger partial charge on any atom is -0.457 e. The van der Waals surface area contributed by atoms with Crippen LogP contribution in [-0.2, 0) is 11.3 Å².